The Balaban J connectivity index is 1.34. The van der Waals surface area contributed by atoms with Gasteiger partial charge in [-0.2, -0.15) is 0 Å². The molecule has 2 aromatic carbocycles. The van der Waals surface area contributed by atoms with Gasteiger partial charge in [-0.15, -0.1) is 0 Å². The van der Waals surface area contributed by atoms with E-state index in [9.17, 15) is 19.1 Å². The summed E-state index contributed by atoms with van der Waals surface area (Å²) in [5.41, 5.74) is 2.43. The van der Waals surface area contributed by atoms with Crippen molar-refractivity contribution in [2.24, 2.45) is 5.92 Å². The lowest BCUT2D eigenvalue weighted by molar-refractivity contribution is -0.149. The van der Waals surface area contributed by atoms with Gasteiger partial charge in [-0.25, -0.2) is 4.39 Å². The lowest BCUT2D eigenvalue weighted by Gasteiger charge is -2.48. The Labute approximate surface area is 199 Å². The number of nitrogens with zero attached hydrogens (tertiary/aromatic N) is 2. The maximum atomic E-state index is 13.3. The Morgan fingerprint density at radius 1 is 1.12 bits per heavy atom. The van der Waals surface area contributed by atoms with Crippen LogP contribution in [0.15, 0.2) is 48.5 Å². The van der Waals surface area contributed by atoms with E-state index in [2.05, 4.69) is 11.8 Å². The number of aliphatic hydroxyl groups is 1. The SMILES string of the molecule is CN(CC(=O)N1C[C@@H](c2ccc(C#Cc3cccc(F)c3)cc2)[C@H]1CO)C(=O)C1CCOCC1. The van der Waals surface area contributed by atoms with Gasteiger partial charge in [0, 0.05) is 49.8 Å². The molecule has 2 aliphatic rings. The quantitative estimate of drug-likeness (QED) is 0.690. The molecule has 0 bridgehead atoms. The summed E-state index contributed by atoms with van der Waals surface area (Å²) in [6, 6.07) is 13.5. The van der Waals surface area contributed by atoms with Crippen LogP contribution in [0.1, 0.15) is 35.4 Å². The van der Waals surface area contributed by atoms with E-state index in [1.54, 1.807) is 24.1 Å². The van der Waals surface area contributed by atoms with Crippen molar-refractivity contribution in [2.45, 2.75) is 24.8 Å². The molecule has 2 saturated heterocycles. The largest absolute Gasteiger partial charge is 0.394 e. The molecule has 0 aliphatic carbocycles. The molecule has 178 valence electrons. The molecular weight excluding hydrogens is 435 g/mol. The van der Waals surface area contributed by atoms with Gasteiger partial charge in [0.25, 0.3) is 0 Å². The van der Waals surface area contributed by atoms with Crippen LogP contribution < -0.4 is 0 Å². The van der Waals surface area contributed by atoms with Crippen molar-refractivity contribution in [3.8, 4) is 11.8 Å². The number of ether oxygens (including phenoxy) is 1. The van der Waals surface area contributed by atoms with E-state index >= 15 is 0 Å². The Hall–Kier alpha value is -3.21. The zero-order chi connectivity index (χ0) is 24.1. The highest BCUT2D eigenvalue weighted by molar-refractivity contribution is 5.86. The molecule has 0 radical (unpaired) electrons. The molecule has 0 saturated carbocycles. The van der Waals surface area contributed by atoms with E-state index in [0.29, 0.717) is 38.2 Å². The Morgan fingerprint density at radius 3 is 2.50 bits per heavy atom. The molecular formula is C27H29FN2O4. The monoisotopic (exact) mass is 464 g/mol. The van der Waals surface area contributed by atoms with Crippen molar-refractivity contribution in [1.82, 2.24) is 9.80 Å². The predicted octanol–water partition coefficient (Wildman–Crippen LogP) is 2.40. The Bertz CT molecular complexity index is 1090. The molecule has 2 amide bonds. The smallest absolute Gasteiger partial charge is 0.242 e. The van der Waals surface area contributed by atoms with Crippen LogP contribution in [0.5, 0.6) is 0 Å². The van der Waals surface area contributed by atoms with Crippen LogP contribution in [-0.4, -0.2) is 72.7 Å². The molecule has 4 rings (SSSR count). The van der Waals surface area contributed by atoms with Crippen LogP contribution >= 0.6 is 0 Å². The second-order valence-corrected chi connectivity index (χ2v) is 8.87. The van der Waals surface area contributed by atoms with Gasteiger partial charge >= 0.3 is 0 Å². The second-order valence-electron chi connectivity index (χ2n) is 8.87. The molecule has 2 heterocycles. The van der Waals surface area contributed by atoms with Gasteiger partial charge in [0.1, 0.15) is 5.82 Å². The molecule has 2 fully saturated rings. The standard InChI is InChI=1S/C27H29FN2O4/c1-29(27(33)22-11-13-34-14-12-22)17-26(32)30-16-24(25(30)18-31)21-9-7-19(8-10-21)5-6-20-3-2-4-23(28)15-20/h2-4,7-10,15,22,24-25,31H,11-14,16-18H2,1H3/t24-,25+/m0/s1. The minimum Gasteiger partial charge on any atom is -0.394 e. The first-order valence-corrected chi connectivity index (χ1v) is 11.6. The zero-order valence-corrected chi connectivity index (χ0v) is 19.2. The first kappa shape index (κ1) is 23.9. The van der Waals surface area contributed by atoms with Gasteiger partial charge in [-0.05, 0) is 48.7 Å². The van der Waals surface area contributed by atoms with E-state index < -0.39 is 0 Å². The Morgan fingerprint density at radius 2 is 1.82 bits per heavy atom. The lowest BCUT2D eigenvalue weighted by Crippen LogP contribution is -2.60. The van der Waals surface area contributed by atoms with E-state index in [1.165, 1.54) is 17.0 Å². The summed E-state index contributed by atoms with van der Waals surface area (Å²) >= 11 is 0. The van der Waals surface area contributed by atoms with Gasteiger partial charge in [0.15, 0.2) is 0 Å². The predicted molar refractivity (Wildman–Crippen MR) is 125 cm³/mol. The first-order chi connectivity index (χ1) is 16.5. The number of aliphatic hydroxyl groups excluding tert-OH is 1. The fraction of sp³-hybridized carbons (Fsp3) is 0.407. The summed E-state index contributed by atoms with van der Waals surface area (Å²) in [4.78, 5) is 28.6. The normalized spacial score (nSPS) is 20.1. The number of likely N-dealkylation sites (N-methyl/N-ethyl adjacent to an activating group) is 1. The molecule has 0 aromatic heterocycles. The van der Waals surface area contributed by atoms with Crippen LogP contribution in [0.25, 0.3) is 0 Å². The van der Waals surface area contributed by atoms with Crippen LogP contribution in [0.2, 0.25) is 0 Å². The lowest BCUT2D eigenvalue weighted by atomic mass is 9.82. The number of hydrogen-bond donors (Lipinski definition) is 1. The second kappa shape index (κ2) is 10.8. The number of rotatable bonds is 5. The average Bonchev–Trinajstić information content (AvgIpc) is 2.83. The van der Waals surface area contributed by atoms with E-state index in [-0.39, 0.29) is 48.7 Å². The van der Waals surface area contributed by atoms with Gasteiger partial charge in [0.2, 0.25) is 11.8 Å². The van der Waals surface area contributed by atoms with Crippen LogP contribution in [-0.2, 0) is 14.3 Å². The van der Waals surface area contributed by atoms with Gasteiger partial charge < -0.3 is 19.6 Å². The van der Waals surface area contributed by atoms with E-state index in [1.807, 2.05) is 24.3 Å². The number of hydrogen-bond acceptors (Lipinski definition) is 4. The fourth-order valence-corrected chi connectivity index (χ4v) is 4.54. The van der Waals surface area contributed by atoms with Crippen molar-refractivity contribution in [2.75, 3.05) is 40.0 Å². The van der Waals surface area contributed by atoms with Crippen molar-refractivity contribution >= 4 is 11.8 Å². The van der Waals surface area contributed by atoms with Crippen molar-refractivity contribution in [3.63, 3.8) is 0 Å². The summed E-state index contributed by atoms with van der Waals surface area (Å²) in [7, 11) is 1.66. The van der Waals surface area contributed by atoms with E-state index in [4.69, 9.17) is 4.74 Å². The number of carbonyl (C=O) groups is 2. The van der Waals surface area contributed by atoms with Crippen molar-refractivity contribution in [1.29, 1.82) is 0 Å². The molecule has 6 nitrogen and oxygen atoms in total. The molecule has 2 atom stereocenters. The van der Waals surface area contributed by atoms with Gasteiger partial charge in [0.05, 0.1) is 19.2 Å². The molecule has 7 heteroatoms. The third kappa shape index (κ3) is 5.46. The number of likely N-dealkylation sites (tertiary alicyclic amines) is 1. The van der Waals surface area contributed by atoms with Crippen molar-refractivity contribution < 1.29 is 23.8 Å². The molecule has 0 spiro atoms. The summed E-state index contributed by atoms with van der Waals surface area (Å²) < 4.78 is 18.6. The number of carbonyl (C=O) groups excluding carboxylic acids is 2. The highest BCUT2D eigenvalue weighted by atomic mass is 19.1. The summed E-state index contributed by atoms with van der Waals surface area (Å²) in [5.74, 6) is 5.41. The fourth-order valence-electron chi connectivity index (χ4n) is 4.54. The van der Waals surface area contributed by atoms with Crippen LogP contribution in [0, 0.1) is 23.6 Å². The van der Waals surface area contributed by atoms with Gasteiger partial charge in [-0.3, -0.25) is 9.59 Å². The number of amides is 2. The number of halogens is 1. The maximum Gasteiger partial charge on any atom is 0.242 e. The molecule has 34 heavy (non-hydrogen) atoms. The minimum absolute atomic E-state index is 0.00795. The molecule has 2 aromatic rings. The average molecular weight is 465 g/mol. The third-order valence-corrected chi connectivity index (χ3v) is 6.60. The van der Waals surface area contributed by atoms with Gasteiger partial charge in [-0.1, -0.05) is 30.0 Å². The summed E-state index contributed by atoms with van der Waals surface area (Å²) in [5, 5.41) is 9.93. The highest BCUT2D eigenvalue weighted by Gasteiger charge is 2.42. The van der Waals surface area contributed by atoms with Crippen LogP contribution in [0.4, 0.5) is 4.39 Å². The molecule has 2 aliphatic heterocycles. The molecule has 1 N–H and O–H groups in total. The first-order valence-electron chi connectivity index (χ1n) is 11.6. The summed E-state index contributed by atoms with van der Waals surface area (Å²) in [6.45, 7) is 1.52. The topological polar surface area (TPSA) is 70.1 Å². The maximum absolute atomic E-state index is 13.3. The Kier molecular flexibility index (Phi) is 7.61. The molecule has 0 unspecified atom stereocenters. The van der Waals surface area contributed by atoms with Crippen LogP contribution in [0.3, 0.4) is 0 Å². The summed E-state index contributed by atoms with van der Waals surface area (Å²) in [6.07, 6.45) is 1.37. The zero-order valence-electron chi connectivity index (χ0n) is 19.2. The highest BCUT2D eigenvalue weighted by Crippen LogP contribution is 2.34. The van der Waals surface area contributed by atoms with Crippen molar-refractivity contribution in [3.05, 3.63) is 71.0 Å². The minimum atomic E-state index is -0.319. The van der Waals surface area contributed by atoms with E-state index in [0.717, 1.165) is 11.1 Å². The number of benzene rings is 2. The third-order valence-electron chi connectivity index (χ3n) is 6.60.